The Hall–Kier alpha value is -7.70. The van der Waals surface area contributed by atoms with Crippen molar-refractivity contribution in [1.29, 1.82) is 0 Å². The largest absolute Gasteiger partial charge is 3.00 e. The SMILES string of the molecule is [Ir+3].[c-]1ccccc1-c1ccc(CCc2cc(CCc3ccc(-c4[c-]cccc4)nc3)cc(-c3ccccc3-c3ccc(-c4[c-]ccc5c4oc4nc(-c6ccccc6)ncc45)nc3)c2)cn1. The summed E-state index contributed by atoms with van der Waals surface area (Å²) in [6, 6.07) is 68.2. The van der Waals surface area contributed by atoms with Gasteiger partial charge in [0, 0.05) is 35.7 Å². The molecule has 7 heteroatoms. The first-order chi connectivity index (χ1) is 32.2. The number of hydrogen-bond donors (Lipinski definition) is 0. The van der Waals surface area contributed by atoms with Gasteiger partial charge in [-0.1, -0.05) is 120 Å². The van der Waals surface area contributed by atoms with Crippen LogP contribution in [0.2, 0.25) is 0 Å². The van der Waals surface area contributed by atoms with Crippen LogP contribution in [0.3, 0.4) is 0 Å². The summed E-state index contributed by atoms with van der Waals surface area (Å²) in [5.41, 5.74) is 17.0. The summed E-state index contributed by atoms with van der Waals surface area (Å²) < 4.78 is 6.43. The number of aryl methyl sites for hydroxylation is 4. The van der Waals surface area contributed by atoms with E-state index in [1.807, 2.05) is 116 Å². The summed E-state index contributed by atoms with van der Waals surface area (Å²) in [7, 11) is 0. The Morgan fingerprint density at radius 2 is 1.00 bits per heavy atom. The number of rotatable bonds is 12. The normalized spacial score (nSPS) is 11.2. The van der Waals surface area contributed by atoms with Crippen LogP contribution in [0, 0.1) is 18.2 Å². The number of aromatic nitrogens is 5. The van der Waals surface area contributed by atoms with E-state index in [0.717, 1.165) is 92.5 Å². The molecular weight excluding hydrogens is 987 g/mol. The maximum atomic E-state index is 6.43. The minimum Gasteiger partial charge on any atom is -0.486 e. The van der Waals surface area contributed by atoms with Crippen molar-refractivity contribution in [2.75, 3.05) is 0 Å². The monoisotopic (exact) mass is 1030 g/mol. The van der Waals surface area contributed by atoms with E-state index in [9.17, 15) is 0 Å². The van der Waals surface area contributed by atoms with Crippen molar-refractivity contribution in [3.05, 3.63) is 235 Å². The van der Waals surface area contributed by atoms with Crippen LogP contribution in [-0.2, 0) is 45.8 Å². The third-order valence-corrected chi connectivity index (χ3v) is 11.9. The molecule has 0 aliphatic carbocycles. The van der Waals surface area contributed by atoms with Crippen molar-refractivity contribution < 1.29 is 24.5 Å². The Kier molecular flexibility index (Phi) is 12.3. The summed E-state index contributed by atoms with van der Waals surface area (Å²) in [5.74, 6) is 0.622. The molecule has 0 bridgehead atoms. The Balaban J connectivity index is 0.00000511. The smallest absolute Gasteiger partial charge is 0.486 e. The molecule has 66 heavy (non-hydrogen) atoms. The van der Waals surface area contributed by atoms with Gasteiger partial charge in [-0.25, -0.2) is 4.98 Å². The van der Waals surface area contributed by atoms with Crippen LogP contribution in [-0.4, -0.2) is 24.9 Å². The Morgan fingerprint density at radius 1 is 0.409 bits per heavy atom. The Morgan fingerprint density at radius 3 is 1.59 bits per heavy atom. The maximum Gasteiger partial charge on any atom is 3.00 e. The average Bonchev–Trinajstić information content (AvgIpc) is 3.77. The van der Waals surface area contributed by atoms with Crippen LogP contribution in [0.15, 0.2) is 199 Å². The van der Waals surface area contributed by atoms with Crippen LogP contribution in [0.4, 0.5) is 0 Å². The molecule has 5 aromatic heterocycles. The van der Waals surface area contributed by atoms with Gasteiger partial charge in [-0.05, 0) is 87.3 Å². The van der Waals surface area contributed by atoms with Gasteiger partial charge in [-0.3, -0.25) is 0 Å². The molecular formula is C59H40IrN5O. The van der Waals surface area contributed by atoms with Crippen molar-refractivity contribution in [1.82, 2.24) is 24.9 Å². The number of furan rings is 1. The molecule has 6 aromatic carbocycles. The predicted octanol–water partition coefficient (Wildman–Crippen LogP) is 13.5. The van der Waals surface area contributed by atoms with Crippen LogP contribution in [0.25, 0.3) is 89.5 Å². The third-order valence-electron chi connectivity index (χ3n) is 11.9. The summed E-state index contributed by atoms with van der Waals surface area (Å²) in [6.07, 6.45) is 11.3. The van der Waals surface area contributed by atoms with E-state index in [4.69, 9.17) is 24.4 Å². The van der Waals surface area contributed by atoms with Gasteiger partial charge in [0.05, 0.1) is 5.58 Å². The number of benzene rings is 6. The molecule has 0 atom stereocenters. The molecule has 0 spiro atoms. The van der Waals surface area contributed by atoms with E-state index in [0.29, 0.717) is 17.1 Å². The molecule has 0 amide bonds. The van der Waals surface area contributed by atoms with Crippen LogP contribution < -0.4 is 0 Å². The zero-order chi connectivity index (χ0) is 43.4. The summed E-state index contributed by atoms with van der Waals surface area (Å²) >= 11 is 0. The van der Waals surface area contributed by atoms with Gasteiger partial charge >= 0.3 is 20.1 Å². The standard InChI is InChI=1S/C59H40N5O.Ir/c1-4-13-44(14-5-1)54-30-27-40(36-60-54)23-25-42-33-43(26-24-41-28-31-55(61-37-41)45-15-6-2-7-16-45)35-48(34-42)50-20-11-10-19-49(50)47-29-32-56(62-38-47)52-22-12-21-51-53-39-63-58(46-17-8-3-9-18-46)64-59(53)65-57(51)52;/h1-13,15,17-21,27-39H,23-26H2;/q-3;+3. The first kappa shape index (κ1) is 42.3. The minimum atomic E-state index is 0. The summed E-state index contributed by atoms with van der Waals surface area (Å²) in [4.78, 5) is 24.0. The van der Waals surface area contributed by atoms with Crippen molar-refractivity contribution in [3.63, 3.8) is 0 Å². The van der Waals surface area contributed by atoms with E-state index in [2.05, 4.69) is 102 Å². The third kappa shape index (κ3) is 9.00. The van der Waals surface area contributed by atoms with Gasteiger partial charge < -0.3 is 19.4 Å². The molecule has 0 aliphatic rings. The van der Waals surface area contributed by atoms with Gasteiger partial charge in [0.25, 0.3) is 0 Å². The maximum absolute atomic E-state index is 6.43. The molecule has 0 unspecified atom stereocenters. The second kappa shape index (κ2) is 19.2. The Labute approximate surface area is 397 Å². The molecule has 0 N–H and O–H groups in total. The van der Waals surface area contributed by atoms with Crippen molar-refractivity contribution in [2.45, 2.75) is 25.7 Å². The molecule has 11 rings (SSSR count). The molecule has 0 aliphatic heterocycles. The van der Waals surface area contributed by atoms with Crippen molar-refractivity contribution in [3.8, 4) is 67.4 Å². The Bertz CT molecular complexity index is 3290. The summed E-state index contributed by atoms with van der Waals surface area (Å²) in [6.45, 7) is 0. The van der Waals surface area contributed by atoms with Crippen LogP contribution in [0.1, 0.15) is 22.3 Å². The van der Waals surface area contributed by atoms with E-state index >= 15 is 0 Å². The topological polar surface area (TPSA) is 77.6 Å². The number of hydrogen-bond acceptors (Lipinski definition) is 6. The van der Waals surface area contributed by atoms with Crippen LogP contribution in [0.5, 0.6) is 0 Å². The molecule has 0 fully saturated rings. The minimum absolute atomic E-state index is 0. The number of fused-ring (bicyclic) bond motifs is 3. The molecule has 11 aromatic rings. The van der Waals surface area contributed by atoms with Crippen molar-refractivity contribution >= 4 is 22.1 Å². The first-order valence-corrected chi connectivity index (χ1v) is 21.9. The zero-order valence-electron chi connectivity index (χ0n) is 35.8. The molecule has 0 saturated carbocycles. The quantitative estimate of drug-likeness (QED) is 0.113. The molecule has 0 saturated heterocycles. The average molecular weight is 1030 g/mol. The molecule has 0 radical (unpaired) electrons. The van der Waals surface area contributed by atoms with Crippen LogP contribution >= 0.6 is 0 Å². The molecule has 316 valence electrons. The molecule has 6 nitrogen and oxygen atoms in total. The van der Waals surface area contributed by atoms with Crippen molar-refractivity contribution in [2.24, 2.45) is 0 Å². The first-order valence-electron chi connectivity index (χ1n) is 21.9. The van der Waals surface area contributed by atoms with E-state index in [1.54, 1.807) is 0 Å². The van der Waals surface area contributed by atoms with Gasteiger partial charge in [0.15, 0.2) is 5.82 Å². The zero-order valence-corrected chi connectivity index (χ0v) is 38.2. The van der Waals surface area contributed by atoms with Gasteiger partial charge in [-0.2, -0.15) is 4.98 Å². The molecule has 5 heterocycles. The van der Waals surface area contributed by atoms with E-state index in [1.165, 1.54) is 27.8 Å². The fourth-order valence-corrected chi connectivity index (χ4v) is 8.48. The predicted molar refractivity (Wildman–Crippen MR) is 260 cm³/mol. The fraction of sp³-hybridized carbons (Fsp3) is 0.0678. The van der Waals surface area contributed by atoms with Gasteiger partial charge in [0.1, 0.15) is 0 Å². The second-order valence-electron chi connectivity index (χ2n) is 16.1. The number of pyridine rings is 3. The van der Waals surface area contributed by atoms with E-state index in [-0.39, 0.29) is 20.1 Å². The fourth-order valence-electron chi connectivity index (χ4n) is 8.48. The van der Waals surface area contributed by atoms with Gasteiger partial charge in [0.2, 0.25) is 5.71 Å². The van der Waals surface area contributed by atoms with E-state index < -0.39 is 0 Å². The second-order valence-corrected chi connectivity index (χ2v) is 16.1. The summed E-state index contributed by atoms with van der Waals surface area (Å²) in [5, 5.41) is 1.79. The van der Waals surface area contributed by atoms with Gasteiger partial charge in [-0.15, -0.1) is 90.0 Å². The number of nitrogens with zero attached hydrogens (tertiary/aromatic N) is 5.